The molecule has 3 saturated carbocycles. The minimum Gasteiger partial charge on any atom is -0.0999 e. The Hall–Kier alpha value is -0.260. The minimum atomic E-state index is 0.632. The van der Waals surface area contributed by atoms with E-state index in [0.29, 0.717) is 5.41 Å². The summed E-state index contributed by atoms with van der Waals surface area (Å²) in [6.07, 6.45) is 7.46. The van der Waals surface area contributed by atoms with Crippen LogP contribution in [0.3, 0.4) is 0 Å². The molecule has 0 nitrogen and oxygen atoms in total. The first-order valence-electron chi connectivity index (χ1n) is 7.64. The number of hydrogen-bond acceptors (Lipinski definition) is 0. The summed E-state index contributed by atoms with van der Waals surface area (Å²) in [4.78, 5) is 0. The Morgan fingerprint density at radius 2 is 2.12 bits per heavy atom. The number of fused-ring (bicyclic) bond motifs is 2. The van der Waals surface area contributed by atoms with Crippen molar-refractivity contribution in [1.29, 1.82) is 0 Å². The molecule has 0 saturated heterocycles. The second-order valence-electron chi connectivity index (χ2n) is 7.50. The van der Waals surface area contributed by atoms with Crippen LogP contribution >= 0.6 is 0 Å². The molecule has 96 valence electrons. The molecule has 0 bridgehead atoms. The van der Waals surface area contributed by atoms with Crippen LogP contribution < -0.4 is 0 Å². The predicted octanol–water partition coefficient (Wildman–Crippen LogP) is 5.05. The topological polar surface area (TPSA) is 0 Å². The second-order valence-corrected chi connectivity index (χ2v) is 7.50. The fourth-order valence-corrected chi connectivity index (χ4v) is 5.35. The van der Waals surface area contributed by atoms with Gasteiger partial charge in [0.25, 0.3) is 0 Å². The van der Waals surface area contributed by atoms with Gasteiger partial charge < -0.3 is 0 Å². The van der Waals surface area contributed by atoms with E-state index in [-0.39, 0.29) is 0 Å². The van der Waals surface area contributed by atoms with Crippen molar-refractivity contribution in [2.75, 3.05) is 0 Å². The van der Waals surface area contributed by atoms with Gasteiger partial charge in [-0.15, -0.1) is 0 Å². The summed E-state index contributed by atoms with van der Waals surface area (Å²) in [5.74, 6) is 3.97. The lowest BCUT2D eigenvalue weighted by atomic mass is 9.78. The number of hydrogen-bond donors (Lipinski definition) is 0. The normalized spacial score (nSPS) is 51.6. The molecule has 1 spiro atoms. The van der Waals surface area contributed by atoms with E-state index >= 15 is 0 Å². The van der Waals surface area contributed by atoms with Crippen molar-refractivity contribution in [2.45, 2.75) is 59.8 Å². The van der Waals surface area contributed by atoms with Gasteiger partial charge in [0, 0.05) is 0 Å². The van der Waals surface area contributed by atoms with E-state index < -0.39 is 0 Å². The van der Waals surface area contributed by atoms with E-state index in [2.05, 4.69) is 34.3 Å². The van der Waals surface area contributed by atoms with Gasteiger partial charge in [-0.05, 0) is 60.7 Å². The number of allylic oxidation sites excluding steroid dienone is 1. The van der Waals surface area contributed by atoms with E-state index in [9.17, 15) is 0 Å². The smallest absolute Gasteiger partial charge is 0.0177 e. The third-order valence-electron chi connectivity index (χ3n) is 6.84. The van der Waals surface area contributed by atoms with Crippen LogP contribution in [0.15, 0.2) is 12.2 Å². The van der Waals surface area contributed by atoms with Crippen LogP contribution in [0.2, 0.25) is 0 Å². The zero-order valence-corrected chi connectivity index (χ0v) is 12.1. The fraction of sp³-hybridized carbons (Fsp3) is 0.882. The quantitative estimate of drug-likeness (QED) is 0.582. The van der Waals surface area contributed by atoms with Gasteiger partial charge in [0.05, 0.1) is 0 Å². The lowest BCUT2D eigenvalue weighted by Gasteiger charge is -2.26. The Bertz CT molecular complexity index is 355. The van der Waals surface area contributed by atoms with Gasteiger partial charge in [0.1, 0.15) is 0 Å². The van der Waals surface area contributed by atoms with Gasteiger partial charge in [-0.1, -0.05) is 45.8 Å². The van der Waals surface area contributed by atoms with Gasteiger partial charge in [-0.2, -0.15) is 0 Å². The first kappa shape index (κ1) is 11.8. The van der Waals surface area contributed by atoms with Crippen LogP contribution in [0.4, 0.5) is 0 Å². The number of unbranched alkanes of at least 4 members (excludes halogenated alkanes) is 1. The third kappa shape index (κ3) is 1.30. The summed E-state index contributed by atoms with van der Waals surface area (Å²) in [6, 6.07) is 0. The molecular weight excluding hydrogens is 204 g/mol. The first-order valence-corrected chi connectivity index (χ1v) is 7.64. The Labute approximate surface area is 107 Å². The molecular formula is C17H28. The van der Waals surface area contributed by atoms with Gasteiger partial charge in [0.15, 0.2) is 0 Å². The highest BCUT2D eigenvalue weighted by atomic mass is 14.9. The van der Waals surface area contributed by atoms with Crippen molar-refractivity contribution in [3.05, 3.63) is 12.2 Å². The van der Waals surface area contributed by atoms with Crippen molar-refractivity contribution in [3.8, 4) is 0 Å². The van der Waals surface area contributed by atoms with E-state index in [1.807, 2.05) is 0 Å². The van der Waals surface area contributed by atoms with Crippen molar-refractivity contribution in [1.82, 2.24) is 0 Å². The molecule has 6 atom stereocenters. The van der Waals surface area contributed by atoms with Gasteiger partial charge in [-0.3, -0.25) is 0 Å². The Balaban J connectivity index is 1.64. The maximum Gasteiger partial charge on any atom is -0.0177 e. The van der Waals surface area contributed by atoms with Crippen molar-refractivity contribution in [2.24, 2.45) is 34.5 Å². The molecule has 0 aromatic carbocycles. The zero-order valence-electron chi connectivity index (χ0n) is 12.1. The van der Waals surface area contributed by atoms with Crippen LogP contribution in [-0.4, -0.2) is 0 Å². The Kier molecular flexibility index (Phi) is 2.36. The largest absolute Gasteiger partial charge is 0.0999 e. The molecule has 0 amide bonds. The van der Waals surface area contributed by atoms with Crippen LogP contribution in [0.25, 0.3) is 0 Å². The van der Waals surface area contributed by atoms with E-state index in [0.717, 1.165) is 29.1 Å². The lowest BCUT2D eigenvalue weighted by molar-refractivity contribution is 0.222. The van der Waals surface area contributed by atoms with Gasteiger partial charge in [-0.25, -0.2) is 0 Å². The Morgan fingerprint density at radius 3 is 2.71 bits per heavy atom. The third-order valence-corrected chi connectivity index (χ3v) is 6.84. The second kappa shape index (κ2) is 3.39. The highest BCUT2D eigenvalue weighted by Gasteiger charge is 2.84. The summed E-state index contributed by atoms with van der Waals surface area (Å²) >= 11 is 0. The molecule has 3 aliphatic rings. The van der Waals surface area contributed by atoms with Gasteiger partial charge in [0.2, 0.25) is 0 Å². The fourth-order valence-electron chi connectivity index (χ4n) is 5.35. The summed E-state index contributed by atoms with van der Waals surface area (Å²) in [5.41, 5.74) is 2.87. The average Bonchev–Trinajstić information content (AvgIpc) is 3.08. The molecule has 0 heteroatoms. The SMILES string of the molecule is C=C(C)C(C)C1(C)C2CC3(CC3CCCC)C21. The molecule has 0 radical (unpaired) electrons. The molecule has 3 fully saturated rings. The highest BCUT2D eigenvalue weighted by Crippen LogP contribution is 2.90. The summed E-state index contributed by atoms with van der Waals surface area (Å²) in [6.45, 7) is 13.7. The maximum absolute atomic E-state index is 4.19. The molecule has 0 N–H and O–H groups in total. The molecule has 0 aliphatic heterocycles. The van der Waals surface area contributed by atoms with Crippen LogP contribution in [-0.2, 0) is 0 Å². The van der Waals surface area contributed by atoms with E-state index in [1.54, 1.807) is 12.8 Å². The molecule has 6 unspecified atom stereocenters. The minimum absolute atomic E-state index is 0.632. The summed E-state index contributed by atoms with van der Waals surface area (Å²) < 4.78 is 0. The maximum atomic E-state index is 4.19. The molecule has 3 aliphatic carbocycles. The van der Waals surface area contributed by atoms with Gasteiger partial charge >= 0.3 is 0 Å². The molecule has 0 aromatic rings. The van der Waals surface area contributed by atoms with Crippen molar-refractivity contribution < 1.29 is 0 Å². The molecule has 0 aromatic heterocycles. The monoisotopic (exact) mass is 232 g/mol. The Morgan fingerprint density at radius 1 is 1.41 bits per heavy atom. The molecule has 0 heterocycles. The summed E-state index contributed by atoms with van der Waals surface area (Å²) in [5, 5.41) is 0. The highest BCUT2D eigenvalue weighted by molar-refractivity contribution is 5.34. The number of rotatable bonds is 5. The molecule has 17 heavy (non-hydrogen) atoms. The van der Waals surface area contributed by atoms with Crippen LogP contribution in [0.5, 0.6) is 0 Å². The van der Waals surface area contributed by atoms with Crippen molar-refractivity contribution in [3.63, 3.8) is 0 Å². The average molecular weight is 232 g/mol. The lowest BCUT2D eigenvalue weighted by Crippen LogP contribution is -2.20. The van der Waals surface area contributed by atoms with E-state index in [4.69, 9.17) is 0 Å². The molecule has 3 rings (SSSR count). The van der Waals surface area contributed by atoms with Crippen molar-refractivity contribution >= 4 is 0 Å². The standard InChI is InChI=1S/C17H28/c1-6-7-8-13-9-17(13)10-14-15(17)16(14,5)12(4)11(2)3/h12-15H,2,6-10H2,1,3-5H3. The first-order chi connectivity index (χ1) is 7.98. The zero-order chi connectivity index (χ0) is 12.4. The van der Waals surface area contributed by atoms with Crippen LogP contribution in [0, 0.1) is 34.5 Å². The summed E-state index contributed by atoms with van der Waals surface area (Å²) in [7, 11) is 0. The predicted molar refractivity (Wildman–Crippen MR) is 73.7 cm³/mol. The van der Waals surface area contributed by atoms with Crippen LogP contribution in [0.1, 0.15) is 59.8 Å². The van der Waals surface area contributed by atoms with E-state index in [1.165, 1.54) is 24.8 Å².